The molecule has 0 aromatic heterocycles. The maximum absolute atomic E-state index is 12.1. The summed E-state index contributed by atoms with van der Waals surface area (Å²) in [5, 5.41) is 2.97. The Morgan fingerprint density at radius 3 is 2.59 bits per heavy atom. The zero-order valence-corrected chi connectivity index (χ0v) is 17.4. The number of nitrogens with one attached hydrogen (secondary N) is 1. The van der Waals surface area contributed by atoms with Crippen LogP contribution in [0, 0.1) is 0 Å². The Hall–Kier alpha value is -2.57. The molecule has 2 atom stereocenters. The number of carbonyl (C=O) groups is 1. The van der Waals surface area contributed by atoms with Crippen molar-refractivity contribution < 1.29 is 14.3 Å². The third kappa shape index (κ3) is 6.21. The quantitative estimate of drug-likeness (QED) is 0.768. The van der Waals surface area contributed by atoms with Crippen LogP contribution in [0.1, 0.15) is 38.8 Å². The van der Waals surface area contributed by atoms with Crippen LogP contribution in [-0.4, -0.2) is 42.3 Å². The molecule has 2 aromatic carbocycles. The lowest BCUT2D eigenvalue weighted by Gasteiger charge is -2.27. The first-order valence-corrected chi connectivity index (χ1v) is 10.1. The second kappa shape index (κ2) is 9.29. The van der Waals surface area contributed by atoms with Crippen molar-refractivity contribution in [3.05, 3.63) is 60.2 Å². The monoisotopic (exact) mass is 397 g/mol. The number of nitrogens with zero attached hydrogens (tertiary/aromatic N) is 1. The highest BCUT2D eigenvalue weighted by Crippen LogP contribution is 2.29. The third-order valence-corrected chi connectivity index (χ3v) is 4.83. The van der Waals surface area contributed by atoms with Crippen molar-refractivity contribution in [2.75, 3.05) is 19.6 Å². The molecule has 1 aliphatic rings. The minimum Gasteiger partial charge on any atom is -0.457 e. The standard InChI is InChI=1S/C23H31N3O3/c1-23(2,3)29-22(27)25-18-12-13-26(16-18)21(15-24)17-8-7-11-20(14-17)28-19-9-5-4-6-10-19/h4-11,14,18,21H,12-13,15-16,24H2,1-3H3,(H,25,27)/t18-,21+/m1/s1. The summed E-state index contributed by atoms with van der Waals surface area (Å²) >= 11 is 0. The van der Waals surface area contributed by atoms with Crippen molar-refractivity contribution in [3.8, 4) is 11.5 Å². The lowest BCUT2D eigenvalue weighted by Crippen LogP contribution is -2.41. The van der Waals surface area contributed by atoms with Gasteiger partial charge in [0, 0.05) is 31.7 Å². The van der Waals surface area contributed by atoms with E-state index in [2.05, 4.69) is 16.3 Å². The van der Waals surface area contributed by atoms with Gasteiger partial charge in [-0.3, -0.25) is 4.90 Å². The van der Waals surface area contributed by atoms with Crippen molar-refractivity contribution in [3.63, 3.8) is 0 Å². The van der Waals surface area contributed by atoms with Crippen LogP contribution in [0.3, 0.4) is 0 Å². The normalized spacial score (nSPS) is 18.3. The van der Waals surface area contributed by atoms with Gasteiger partial charge in [-0.05, 0) is 57.0 Å². The van der Waals surface area contributed by atoms with E-state index < -0.39 is 5.60 Å². The molecule has 1 fully saturated rings. The maximum atomic E-state index is 12.1. The Balaban J connectivity index is 1.63. The highest BCUT2D eigenvalue weighted by molar-refractivity contribution is 5.68. The first-order chi connectivity index (χ1) is 13.8. The maximum Gasteiger partial charge on any atom is 0.407 e. The van der Waals surface area contributed by atoms with Gasteiger partial charge in [0.05, 0.1) is 0 Å². The first kappa shape index (κ1) is 21.1. The van der Waals surface area contributed by atoms with E-state index in [1.165, 1.54) is 0 Å². The van der Waals surface area contributed by atoms with Crippen LogP contribution < -0.4 is 15.8 Å². The minimum absolute atomic E-state index is 0.0580. The van der Waals surface area contributed by atoms with Gasteiger partial charge in [-0.15, -0.1) is 0 Å². The van der Waals surface area contributed by atoms with Crippen LogP contribution in [-0.2, 0) is 4.74 Å². The Labute approximate surface area is 173 Å². The zero-order valence-electron chi connectivity index (χ0n) is 17.4. The number of hydrogen-bond donors (Lipinski definition) is 2. The number of rotatable bonds is 6. The molecule has 156 valence electrons. The van der Waals surface area contributed by atoms with Crippen molar-refractivity contribution in [2.24, 2.45) is 5.73 Å². The molecule has 1 saturated heterocycles. The fourth-order valence-corrected chi connectivity index (χ4v) is 3.57. The van der Waals surface area contributed by atoms with Crippen LogP contribution in [0.4, 0.5) is 4.79 Å². The molecular weight excluding hydrogens is 366 g/mol. The van der Waals surface area contributed by atoms with Gasteiger partial charge in [-0.1, -0.05) is 30.3 Å². The summed E-state index contributed by atoms with van der Waals surface area (Å²) in [5.41, 5.74) is 6.73. The Kier molecular flexibility index (Phi) is 6.77. The molecule has 0 unspecified atom stereocenters. The van der Waals surface area contributed by atoms with E-state index in [-0.39, 0.29) is 18.2 Å². The number of ether oxygens (including phenoxy) is 2. The zero-order chi connectivity index (χ0) is 20.9. The second-order valence-corrected chi connectivity index (χ2v) is 8.37. The summed E-state index contributed by atoms with van der Waals surface area (Å²) in [4.78, 5) is 14.4. The molecule has 0 spiro atoms. The average Bonchev–Trinajstić information content (AvgIpc) is 3.10. The SMILES string of the molecule is CC(C)(C)OC(=O)N[C@@H]1CCN([C@@H](CN)c2cccc(Oc3ccccc3)c2)C1. The largest absolute Gasteiger partial charge is 0.457 e. The van der Waals surface area contributed by atoms with Crippen molar-refractivity contribution in [1.29, 1.82) is 0 Å². The van der Waals surface area contributed by atoms with E-state index in [0.717, 1.165) is 36.6 Å². The van der Waals surface area contributed by atoms with Crippen molar-refractivity contribution in [1.82, 2.24) is 10.2 Å². The Bertz CT molecular complexity index is 805. The third-order valence-electron chi connectivity index (χ3n) is 4.83. The molecule has 1 heterocycles. The molecule has 29 heavy (non-hydrogen) atoms. The fourth-order valence-electron chi connectivity index (χ4n) is 3.57. The minimum atomic E-state index is -0.499. The molecule has 0 aliphatic carbocycles. The molecule has 0 saturated carbocycles. The van der Waals surface area contributed by atoms with Gasteiger partial charge in [0.25, 0.3) is 0 Å². The topological polar surface area (TPSA) is 76.8 Å². The number of likely N-dealkylation sites (tertiary alicyclic amines) is 1. The van der Waals surface area contributed by atoms with Gasteiger partial charge in [0.2, 0.25) is 0 Å². The van der Waals surface area contributed by atoms with Crippen LogP contribution in [0.5, 0.6) is 11.5 Å². The van der Waals surface area contributed by atoms with E-state index in [1.807, 2.05) is 69.3 Å². The van der Waals surface area contributed by atoms with E-state index in [9.17, 15) is 4.79 Å². The van der Waals surface area contributed by atoms with E-state index in [4.69, 9.17) is 15.2 Å². The number of carbonyl (C=O) groups excluding carboxylic acids is 1. The number of hydrogen-bond acceptors (Lipinski definition) is 5. The predicted molar refractivity (Wildman–Crippen MR) is 114 cm³/mol. The molecule has 0 radical (unpaired) electrons. The van der Waals surface area contributed by atoms with Crippen molar-refractivity contribution >= 4 is 6.09 Å². The number of alkyl carbamates (subject to hydrolysis) is 1. The molecule has 6 heteroatoms. The summed E-state index contributed by atoms with van der Waals surface area (Å²) in [6.45, 7) is 7.69. The highest BCUT2D eigenvalue weighted by Gasteiger charge is 2.30. The Morgan fingerprint density at radius 1 is 1.17 bits per heavy atom. The summed E-state index contributed by atoms with van der Waals surface area (Å²) in [5.74, 6) is 1.59. The number of para-hydroxylation sites is 1. The molecule has 1 amide bonds. The number of benzene rings is 2. The van der Waals surface area contributed by atoms with Crippen LogP contribution in [0.15, 0.2) is 54.6 Å². The fraction of sp³-hybridized carbons (Fsp3) is 0.435. The van der Waals surface area contributed by atoms with Gasteiger partial charge in [0.15, 0.2) is 0 Å². The van der Waals surface area contributed by atoms with Crippen LogP contribution in [0.2, 0.25) is 0 Å². The van der Waals surface area contributed by atoms with Crippen LogP contribution >= 0.6 is 0 Å². The molecule has 3 N–H and O–H groups in total. The van der Waals surface area contributed by atoms with E-state index in [0.29, 0.717) is 6.54 Å². The summed E-state index contributed by atoms with van der Waals surface area (Å²) in [7, 11) is 0. The van der Waals surface area contributed by atoms with Gasteiger partial charge >= 0.3 is 6.09 Å². The molecule has 2 aromatic rings. The summed E-state index contributed by atoms with van der Waals surface area (Å²) in [6.07, 6.45) is 0.502. The van der Waals surface area contributed by atoms with E-state index in [1.54, 1.807) is 0 Å². The smallest absolute Gasteiger partial charge is 0.407 e. The number of amides is 1. The summed E-state index contributed by atoms with van der Waals surface area (Å²) < 4.78 is 11.3. The number of nitrogens with two attached hydrogens (primary N) is 1. The molecule has 1 aliphatic heterocycles. The first-order valence-electron chi connectivity index (χ1n) is 10.1. The van der Waals surface area contributed by atoms with Gasteiger partial charge in [-0.2, -0.15) is 0 Å². The molecule has 3 rings (SSSR count). The van der Waals surface area contributed by atoms with Crippen molar-refractivity contribution in [2.45, 2.75) is 44.9 Å². The molecule has 6 nitrogen and oxygen atoms in total. The second-order valence-electron chi connectivity index (χ2n) is 8.37. The average molecular weight is 398 g/mol. The highest BCUT2D eigenvalue weighted by atomic mass is 16.6. The lowest BCUT2D eigenvalue weighted by molar-refractivity contribution is 0.0504. The van der Waals surface area contributed by atoms with Crippen LogP contribution in [0.25, 0.3) is 0 Å². The Morgan fingerprint density at radius 2 is 1.90 bits per heavy atom. The molecular formula is C23H31N3O3. The molecule has 0 bridgehead atoms. The summed E-state index contributed by atoms with van der Waals surface area (Å²) in [6, 6.07) is 17.9. The van der Waals surface area contributed by atoms with Gasteiger partial charge < -0.3 is 20.5 Å². The van der Waals surface area contributed by atoms with Gasteiger partial charge in [-0.25, -0.2) is 4.79 Å². The predicted octanol–water partition coefficient (Wildman–Crippen LogP) is 4.08. The van der Waals surface area contributed by atoms with Gasteiger partial charge in [0.1, 0.15) is 17.1 Å². The lowest BCUT2D eigenvalue weighted by atomic mass is 10.1. The van der Waals surface area contributed by atoms with E-state index >= 15 is 0 Å².